The van der Waals surface area contributed by atoms with Crippen LogP contribution in [0, 0.1) is 0 Å². The van der Waals surface area contributed by atoms with Crippen LogP contribution < -0.4 is 10.2 Å². The van der Waals surface area contributed by atoms with E-state index in [-0.39, 0.29) is 17.9 Å². The molecule has 1 N–H and O–H groups in total. The highest BCUT2D eigenvalue weighted by Crippen LogP contribution is 2.33. The van der Waals surface area contributed by atoms with Crippen LogP contribution in [0.15, 0.2) is 42.6 Å². The van der Waals surface area contributed by atoms with E-state index in [9.17, 15) is 9.59 Å². The second-order valence-electron chi connectivity index (χ2n) is 6.12. The third-order valence-electron chi connectivity index (χ3n) is 4.71. The van der Waals surface area contributed by atoms with Crippen molar-refractivity contribution in [2.45, 2.75) is 31.7 Å². The molecule has 1 fully saturated rings. The van der Waals surface area contributed by atoms with E-state index in [1.165, 1.54) is 5.69 Å². The molecule has 118 valence electrons. The molecule has 0 saturated carbocycles. The number of carbonyl (C=O) groups is 2. The van der Waals surface area contributed by atoms with Crippen molar-refractivity contribution in [2.24, 2.45) is 0 Å². The summed E-state index contributed by atoms with van der Waals surface area (Å²) in [6.07, 6.45) is 5.11. The van der Waals surface area contributed by atoms with Gasteiger partial charge in [-0.25, -0.2) is 0 Å². The van der Waals surface area contributed by atoms with E-state index in [4.69, 9.17) is 0 Å². The Morgan fingerprint density at radius 2 is 1.87 bits per heavy atom. The maximum absolute atomic E-state index is 12.2. The summed E-state index contributed by atoms with van der Waals surface area (Å²) in [5.41, 5.74) is 3.50. The lowest BCUT2D eigenvalue weighted by molar-refractivity contribution is -0.134. The minimum atomic E-state index is -0.238. The highest BCUT2D eigenvalue weighted by molar-refractivity contribution is 6.01. The number of piperidine rings is 1. The summed E-state index contributed by atoms with van der Waals surface area (Å²) < 4.78 is 2.20. The van der Waals surface area contributed by atoms with Crippen molar-refractivity contribution in [3.8, 4) is 5.69 Å². The number of rotatable bonds is 2. The van der Waals surface area contributed by atoms with E-state index in [0.29, 0.717) is 12.8 Å². The number of fused-ring (bicyclic) bond motifs is 1. The van der Waals surface area contributed by atoms with Crippen LogP contribution in [-0.4, -0.2) is 29.0 Å². The number of hydrogen-bond donors (Lipinski definition) is 1. The van der Waals surface area contributed by atoms with Gasteiger partial charge in [0.25, 0.3) is 0 Å². The van der Waals surface area contributed by atoms with E-state index in [1.54, 1.807) is 0 Å². The first-order chi connectivity index (χ1) is 11.2. The van der Waals surface area contributed by atoms with Gasteiger partial charge in [0.2, 0.25) is 11.8 Å². The quantitative estimate of drug-likeness (QED) is 0.864. The van der Waals surface area contributed by atoms with E-state index in [1.807, 2.05) is 18.2 Å². The molecule has 4 rings (SSSR count). The number of nitrogens with one attached hydrogen (secondary N) is 1. The van der Waals surface area contributed by atoms with Crippen molar-refractivity contribution in [1.82, 2.24) is 9.88 Å². The molecule has 0 spiro atoms. The fourth-order valence-corrected chi connectivity index (χ4v) is 3.64. The van der Waals surface area contributed by atoms with Crippen LogP contribution in [0.2, 0.25) is 0 Å². The summed E-state index contributed by atoms with van der Waals surface area (Å²) in [5.74, 6) is -0.327. The van der Waals surface area contributed by atoms with Gasteiger partial charge < -0.3 is 9.47 Å². The third kappa shape index (κ3) is 2.42. The Morgan fingerprint density at radius 1 is 1.04 bits per heavy atom. The summed E-state index contributed by atoms with van der Waals surface area (Å²) in [6, 6.07) is 12.1. The molecular weight excluding hydrogens is 290 g/mol. The predicted octanol–water partition coefficient (Wildman–Crippen LogP) is 2.04. The molecule has 2 aromatic rings. The minimum absolute atomic E-state index is 0.162. The molecule has 1 unspecified atom stereocenters. The fraction of sp³-hybridized carbons (Fsp3) is 0.333. The van der Waals surface area contributed by atoms with Crippen molar-refractivity contribution >= 4 is 17.5 Å². The number of imide groups is 1. The molecule has 5 heteroatoms. The second kappa shape index (κ2) is 5.57. The number of aromatic nitrogens is 1. The lowest BCUT2D eigenvalue weighted by Crippen LogP contribution is -2.53. The summed E-state index contributed by atoms with van der Waals surface area (Å²) >= 11 is 0. The van der Waals surface area contributed by atoms with Gasteiger partial charge in [0.15, 0.2) is 0 Å². The zero-order chi connectivity index (χ0) is 15.8. The molecule has 1 aromatic heterocycles. The molecule has 23 heavy (non-hydrogen) atoms. The number of para-hydroxylation sites is 1. The molecule has 0 radical (unpaired) electrons. The van der Waals surface area contributed by atoms with Crippen LogP contribution in [0.1, 0.15) is 25.0 Å². The van der Waals surface area contributed by atoms with Crippen LogP contribution >= 0.6 is 0 Å². The number of amides is 2. The minimum Gasteiger partial charge on any atom is -0.358 e. The molecule has 1 atom stereocenters. The molecule has 5 nitrogen and oxygen atoms in total. The lowest BCUT2D eigenvalue weighted by atomic mass is 10.00. The standard InChI is InChI=1S/C18H19N3O2/c22-17-9-8-16(18(23)19-17)21-11-4-7-14-15(21)10-12-20(14)13-5-2-1-3-6-13/h1-3,5-6,10,12,16H,4,7-9,11H2,(H,19,22,23). The smallest absolute Gasteiger partial charge is 0.249 e. The van der Waals surface area contributed by atoms with Crippen LogP contribution in [0.5, 0.6) is 0 Å². The van der Waals surface area contributed by atoms with E-state index < -0.39 is 0 Å². The Balaban J connectivity index is 1.69. The van der Waals surface area contributed by atoms with Gasteiger partial charge in [-0.05, 0) is 37.5 Å². The van der Waals surface area contributed by atoms with Gasteiger partial charge in [0, 0.05) is 30.5 Å². The zero-order valence-electron chi connectivity index (χ0n) is 12.9. The van der Waals surface area contributed by atoms with Crippen LogP contribution in [0.4, 0.5) is 5.69 Å². The maximum Gasteiger partial charge on any atom is 0.249 e. The molecule has 1 aromatic carbocycles. The van der Waals surface area contributed by atoms with Gasteiger partial charge in [-0.15, -0.1) is 0 Å². The SMILES string of the molecule is O=C1CCC(N2CCCc3c2ccn3-c2ccccc2)C(=O)N1. The number of benzene rings is 1. The van der Waals surface area contributed by atoms with Crippen molar-refractivity contribution in [1.29, 1.82) is 0 Å². The van der Waals surface area contributed by atoms with Gasteiger partial charge in [-0.1, -0.05) is 18.2 Å². The molecule has 0 aliphatic carbocycles. The topological polar surface area (TPSA) is 54.3 Å². The van der Waals surface area contributed by atoms with E-state index in [0.717, 1.165) is 30.8 Å². The Morgan fingerprint density at radius 3 is 2.65 bits per heavy atom. The molecule has 1 saturated heterocycles. The average molecular weight is 309 g/mol. The molecule has 2 amide bonds. The largest absolute Gasteiger partial charge is 0.358 e. The molecule has 3 heterocycles. The zero-order valence-corrected chi connectivity index (χ0v) is 12.9. The maximum atomic E-state index is 12.2. The third-order valence-corrected chi connectivity index (χ3v) is 4.71. The first-order valence-corrected chi connectivity index (χ1v) is 8.10. The molecule has 0 bridgehead atoms. The van der Waals surface area contributed by atoms with Gasteiger partial charge in [-0.3, -0.25) is 14.9 Å². The highest BCUT2D eigenvalue weighted by Gasteiger charge is 2.34. The Hall–Kier alpha value is -2.56. The molecular formula is C18H19N3O2. The van der Waals surface area contributed by atoms with Crippen molar-refractivity contribution in [3.05, 3.63) is 48.3 Å². The summed E-state index contributed by atoms with van der Waals surface area (Å²) in [5, 5.41) is 2.47. The molecule has 2 aliphatic heterocycles. The monoisotopic (exact) mass is 309 g/mol. The van der Waals surface area contributed by atoms with Crippen LogP contribution in [-0.2, 0) is 16.0 Å². The first kappa shape index (κ1) is 14.1. The van der Waals surface area contributed by atoms with Crippen LogP contribution in [0.25, 0.3) is 5.69 Å². The lowest BCUT2D eigenvalue weighted by Gasteiger charge is -2.37. The van der Waals surface area contributed by atoms with Gasteiger partial charge in [0.1, 0.15) is 6.04 Å². The number of carbonyl (C=O) groups excluding carboxylic acids is 2. The van der Waals surface area contributed by atoms with Crippen molar-refractivity contribution < 1.29 is 9.59 Å². The average Bonchev–Trinajstić information content (AvgIpc) is 3.00. The Kier molecular flexibility index (Phi) is 3.41. The molecule has 2 aliphatic rings. The van der Waals surface area contributed by atoms with Gasteiger partial charge in [-0.2, -0.15) is 0 Å². The predicted molar refractivity (Wildman–Crippen MR) is 87.6 cm³/mol. The van der Waals surface area contributed by atoms with E-state index >= 15 is 0 Å². The highest BCUT2D eigenvalue weighted by atomic mass is 16.2. The summed E-state index contributed by atoms with van der Waals surface area (Å²) in [7, 11) is 0. The van der Waals surface area contributed by atoms with Crippen molar-refractivity contribution in [2.75, 3.05) is 11.4 Å². The fourth-order valence-electron chi connectivity index (χ4n) is 3.64. The number of hydrogen-bond acceptors (Lipinski definition) is 3. The van der Waals surface area contributed by atoms with E-state index in [2.05, 4.69) is 39.2 Å². The summed E-state index contributed by atoms with van der Waals surface area (Å²) in [6.45, 7) is 0.859. The number of anilines is 1. The second-order valence-corrected chi connectivity index (χ2v) is 6.12. The Labute approximate surface area is 134 Å². The normalized spacial score (nSPS) is 21.0. The van der Waals surface area contributed by atoms with Gasteiger partial charge in [0.05, 0.1) is 5.69 Å². The van der Waals surface area contributed by atoms with Crippen LogP contribution in [0.3, 0.4) is 0 Å². The summed E-state index contributed by atoms with van der Waals surface area (Å²) in [4.78, 5) is 25.8. The van der Waals surface area contributed by atoms with Gasteiger partial charge >= 0.3 is 0 Å². The Bertz CT molecular complexity index is 751. The number of nitrogens with zero attached hydrogens (tertiary/aromatic N) is 2. The first-order valence-electron chi connectivity index (χ1n) is 8.10. The van der Waals surface area contributed by atoms with Crippen molar-refractivity contribution in [3.63, 3.8) is 0 Å².